The number of hydrogen-bond donors (Lipinski definition) is 0. The van der Waals surface area contributed by atoms with Crippen molar-refractivity contribution in [3.8, 4) is 0 Å². The Kier molecular flexibility index (Phi) is 7.90. The summed E-state index contributed by atoms with van der Waals surface area (Å²) in [6.07, 6.45) is 4.49. The molecule has 0 N–H and O–H groups in total. The van der Waals surface area contributed by atoms with Crippen molar-refractivity contribution < 1.29 is 9.59 Å². The van der Waals surface area contributed by atoms with E-state index in [-0.39, 0.29) is 29.3 Å². The molecule has 2 heterocycles. The van der Waals surface area contributed by atoms with Gasteiger partial charge in [-0.05, 0) is 48.6 Å². The Labute approximate surface area is 225 Å². The fourth-order valence-corrected chi connectivity index (χ4v) is 5.85. The van der Waals surface area contributed by atoms with Crippen LogP contribution in [0.3, 0.4) is 0 Å². The van der Waals surface area contributed by atoms with Crippen LogP contribution in [0, 0.1) is 25.7 Å². The smallest absolute Gasteiger partial charge is 0.167 e. The summed E-state index contributed by atoms with van der Waals surface area (Å²) in [7, 11) is 0. The SMILES string of the molecule is Cc1cccc(C2[C@@H](C(=O)c3ccccc3)CN(CCc3cccnc3)C[C@H]2C(=O)c2ccccc2)c1C. The van der Waals surface area contributed by atoms with Gasteiger partial charge in [-0.1, -0.05) is 84.9 Å². The number of aromatic nitrogens is 1. The van der Waals surface area contributed by atoms with E-state index < -0.39 is 0 Å². The molecule has 5 rings (SSSR count). The van der Waals surface area contributed by atoms with Crippen LogP contribution < -0.4 is 0 Å². The topological polar surface area (TPSA) is 50.3 Å². The number of likely N-dealkylation sites (tertiary alicyclic amines) is 1. The largest absolute Gasteiger partial charge is 0.301 e. The highest BCUT2D eigenvalue weighted by Gasteiger charge is 2.45. The summed E-state index contributed by atoms with van der Waals surface area (Å²) < 4.78 is 0. The van der Waals surface area contributed by atoms with Gasteiger partial charge in [0.25, 0.3) is 0 Å². The Morgan fingerprint density at radius 3 is 1.92 bits per heavy atom. The van der Waals surface area contributed by atoms with Crippen LogP contribution in [0.5, 0.6) is 0 Å². The number of pyridine rings is 1. The number of nitrogens with zero attached hydrogens (tertiary/aromatic N) is 2. The van der Waals surface area contributed by atoms with Crippen LogP contribution in [0.2, 0.25) is 0 Å². The van der Waals surface area contributed by atoms with E-state index >= 15 is 0 Å². The van der Waals surface area contributed by atoms with Gasteiger partial charge in [0, 0.05) is 60.9 Å². The third-order valence-electron chi connectivity index (χ3n) is 8.01. The lowest BCUT2D eigenvalue weighted by Crippen LogP contribution is -2.51. The van der Waals surface area contributed by atoms with E-state index in [0.29, 0.717) is 24.2 Å². The van der Waals surface area contributed by atoms with E-state index in [1.165, 1.54) is 5.56 Å². The molecule has 38 heavy (non-hydrogen) atoms. The zero-order valence-electron chi connectivity index (χ0n) is 22.1. The fraction of sp³-hybridized carbons (Fsp3) is 0.265. The molecule has 192 valence electrons. The molecular weight excluding hydrogens is 468 g/mol. The minimum Gasteiger partial charge on any atom is -0.301 e. The highest BCUT2D eigenvalue weighted by molar-refractivity contribution is 6.02. The standard InChI is InChI=1S/C34H34N2O2/c1-24-11-9-17-29(25(24)2)32-30(33(37)27-13-5-3-6-14-27)22-36(20-18-26-12-10-19-35-21-26)23-31(32)34(38)28-15-7-4-8-16-28/h3-17,19,21,30-32H,18,20,22-23H2,1-2H3/t30-,31+,32?. The number of hydrogen-bond acceptors (Lipinski definition) is 4. The minimum absolute atomic E-state index is 0.105. The summed E-state index contributed by atoms with van der Waals surface area (Å²) in [5.74, 6) is -0.664. The summed E-state index contributed by atoms with van der Waals surface area (Å²) in [6.45, 7) is 6.22. The van der Waals surface area contributed by atoms with Crippen molar-refractivity contribution >= 4 is 11.6 Å². The van der Waals surface area contributed by atoms with Gasteiger partial charge >= 0.3 is 0 Å². The second kappa shape index (κ2) is 11.7. The molecule has 0 radical (unpaired) electrons. The van der Waals surface area contributed by atoms with Crippen LogP contribution in [-0.2, 0) is 6.42 Å². The number of rotatable bonds is 8. The molecule has 4 nitrogen and oxygen atoms in total. The first-order chi connectivity index (χ1) is 18.5. The molecule has 0 saturated carbocycles. The average Bonchev–Trinajstić information content (AvgIpc) is 2.98. The van der Waals surface area contributed by atoms with Gasteiger partial charge in [-0.2, -0.15) is 0 Å². The fourth-order valence-electron chi connectivity index (χ4n) is 5.85. The van der Waals surface area contributed by atoms with Gasteiger partial charge in [-0.25, -0.2) is 0 Å². The first kappa shape index (κ1) is 25.7. The molecule has 4 aromatic rings. The molecule has 1 aliphatic rings. The molecule has 0 aliphatic carbocycles. The molecule has 0 bridgehead atoms. The van der Waals surface area contributed by atoms with Crippen molar-refractivity contribution in [2.45, 2.75) is 26.2 Å². The number of aryl methyl sites for hydroxylation is 1. The molecule has 1 unspecified atom stereocenters. The maximum Gasteiger partial charge on any atom is 0.167 e. The second-order valence-corrected chi connectivity index (χ2v) is 10.4. The molecule has 1 aromatic heterocycles. The average molecular weight is 503 g/mol. The number of benzene rings is 3. The zero-order valence-corrected chi connectivity index (χ0v) is 22.1. The minimum atomic E-state index is -0.335. The maximum atomic E-state index is 14.2. The van der Waals surface area contributed by atoms with E-state index in [4.69, 9.17) is 0 Å². The van der Waals surface area contributed by atoms with Crippen LogP contribution in [0.25, 0.3) is 0 Å². The molecule has 3 aromatic carbocycles. The van der Waals surface area contributed by atoms with E-state index in [9.17, 15) is 9.59 Å². The number of piperidine rings is 1. The zero-order chi connectivity index (χ0) is 26.5. The summed E-state index contributed by atoms with van der Waals surface area (Å²) in [5, 5.41) is 0. The number of carbonyl (C=O) groups is 2. The third kappa shape index (κ3) is 5.51. The quantitative estimate of drug-likeness (QED) is 0.264. The highest BCUT2D eigenvalue weighted by Crippen LogP contribution is 2.42. The van der Waals surface area contributed by atoms with E-state index in [2.05, 4.69) is 48.0 Å². The molecule has 1 fully saturated rings. The first-order valence-corrected chi connectivity index (χ1v) is 13.4. The lowest BCUT2D eigenvalue weighted by Gasteiger charge is -2.43. The normalized spacial score (nSPS) is 19.7. The molecule has 1 saturated heterocycles. The highest BCUT2D eigenvalue weighted by atomic mass is 16.1. The predicted molar refractivity (Wildman–Crippen MR) is 152 cm³/mol. The van der Waals surface area contributed by atoms with Crippen molar-refractivity contribution in [2.75, 3.05) is 19.6 Å². The van der Waals surface area contributed by atoms with Gasteiger partial charge in [-0.3, -0.25) is 14.6 Å². The van der Waals surface area contributed by atoms with Crippen molar-refractivity contribution in [3.63, 3.8) is 0 Å². The van der Waals surface area contributed by atoms with Crippen molar-refractivity contribution in [2.24, 2.45) is 11.8 Å². The van der Waals surface area contributed by atoms with Gasteiger partial charge in [0.15, 0.2) is 11.6 Å². The van der Waals surface area contributed by atoms with Gasteiger partial charge in [0.05, 0.1) is 0 Å². The Morgan fingerprint density at radius 2 is 1.37 bits per heavy atom. The molecule has 1 aliphatic heterocycles. The van der Waals surface area contributed by atoms with Crippen LogP contribution in [0.4, 0.5) is 0 Å². The van der Waals surface area contributed by atoms with Crippen LogP contribution in [0.15, 0.2) is 103 Å². The van der Waals surface area contributed by atoms with Crippen molar-refractivity contribution in [1.82, 2.24) is 9.88 Å². The van der Waals surface area contributed by atoms with E-state index in [1.807, 2.05) is 72.9 Å². The van der Waals surface area contributed by atoms with Crippen LogP contribution in [0.1, 0.15) is 48.9 Å². The van der Waals surface area contributed by atoms with Gasteiger partial charge in [0.2, 0.25) is 0 Å². The third-order valence-corrected chi connectivity index (χ3v) is 8.01. The van der Waals surface area contributed by atoms with Crippen molar-refractivity contribution in [1.29, 1.82) is 0 Å². The molecule has 0 amide bonds. The van der Waals surface area contributed by atoms with Gasteiger partial charge < -0.3 is 4.90 Å². The summed E-state index contributed by atoms with van der Waals surface area (Å²) in [4.78, 5) is 34.9. The van der Waals surface area contributed by atoms with Gasteiger partial charge in [0.1, 0.15) is 0 Å². The lowest BCUT2D eigenvalue weighted by atomic mass is 9.67. The van der Waals surface area contributed by atoms with Crippen LogP contribution in [-0.4, -0.2) is 41.1 Å². The number of carbonyl (C=O) groups excluding carboxylic acids is 2. The van der Waals surface area contributed by atoms with E-state index in [1.54, 1.807) is 6.20 Å². The number of ketones is 2. The Morgan fingerprint density at radius 1 is 0.763 bits per heavy atom. The van der Waals surface area contributed by atoms with Crippen molar-refractivity contribution in [3.05, 3.63) is 137 Å². The first-order valence-electron chi connectivity index (χ1n) is 13.4. The predicted octanol–water partition coefficient (Wildman–Crippen LogP) is 6.34. The lowest BCUT2D eigenvalue weighted by molar-refractivity contribution is 0.0575. The molecule has 0 spiro atoms. The molecular formula is C34H34N2O2. The van der Waals surface area contributed by atoms with E-state index in [0.717, 1.165) is 29.7 Å². The summed E-state index contributed by atoms with van der Waals surface area (Å²) in [5.41, 5.74) is 6.01. The number of Topliss-reactive ketones (excluding diaryl/α,β-unsaturated/α-hetero) is 2. The monoisotopic (exact) mass is 502 g/mol. The maximum absolute atomic E-state index is 14.2. The van der Waals surface area contributed by atoms with Gasteiger partial charge in [-0.15, -0.1) is 0 Å². The molecule has 3 atom stereocenters. The Bertz CT molecular complexity index is 1320. The Balaban J connectivity index is 1.58. The molecule has 4 heteroatoms. The van der Waals surface area contributed by atoms with Crippen LogP contribution >= 0.6 is 0 Å². The summed E-state index contributed by atoms with van der Waals surface area (Å²) in [6, 6.07) is 29.4. The Hall–Kier alpha value is -3.89. The second-order valence-electron chi connectivity index (χ2n) is 10.4. The summed E-state index contributed by atoms with van der Waals surface area (Å²) >= 11 is 0.